The Morgan fingerprint density at radius 3 is 2.70 bits per heavy atom. The molecule has 0 saturated carbocycles. The maximum absolute atomic E-state index is 10.6. The minimum absolute atomic E-state index is 0.422. The summed E-state index contributed by atoms with van der Waals surface area (Å²) in [6.45, 7) is 4.83. The molecule has 2 rings (SSSR count). The lowest BCUT2D eigenvalue weighted by Crippen LogP contribution is -2.35. The summed E-state index contributed by atoms with van der Waals surface area (Å²) in [4.78, 5) is 4.24. The Kier molecular flexibility index (Phi) is 4.76. The summed E-state index contributed by atoms with van der Waals surface area (Å²) >= 11 is 6.13. The van der Waals surface area contributed by atoms with Gasteiger partial charge in [0.25, 0.3) is 0 Å². The van der Waals surface area contributed by atoms with Crippen LogP contribution in [0, 0.1) is 6.92 Å². The molecule has 0 aliphatic carbocycles. The average Bonchev–Trinajstić information content (AvgIpc) is 2.41. The Hall–Kier alpha value is -1.42. The third kappa shape index (κ3) is 3.57. The van der Waals surface area contributed by atoms with Crippen LogP contribution in [0.4, 0.5) is 0 Å². The van der Waals surface area contributed by atoms with E-state index in [2.05, 4.69) is 10.3 Å². The number of nitrogens with zero attached hydrogens (tertiary/aromatic N) is 1. The molecule has 0 fully saturated rings. The Bertz CT molecular complexity index is 584. The lowest BCUT2D eigenvalue weighted by molar-refractivity contribution is 0.0567. The third-order valence-electron chi connectivity index (χ3n) is 3.36. The minimum Gasteiger partial charge on any atom is -0.384 e. The maximum atomic E-state index is 10.6. The lowest BCUT2D eigenvalue weighted by Gasteiger charge is -2.25. The number of hydrogen-bond acceptors (Lipinski definition) is 3. The molecule has 0 bridgehead atoms. The van der Waals surface area contributed by atoms with Gasteiger partial charge in [0.1, 0.15) is 5.60 Å². The smallest absolute Gasteiger partial charge is 0.101 e. The normalized spacial score (nSPS) is 14.0. The van der Waals surface area contributed by atoms with Crippen LogP contribution < -0.4 is 5.32 Å². The predicted molar refractivity (Wildman–Crippen MR) is 81.7 cm³/mol. The lowest BCUT2D eigenvalue weighted by atomic mass is 9.96. The van der Waals surface area contributed by atoms with Gasteiger partial charge in [-0.2, -0.15) is 0 Å². The summed E-state index contributed by atoms with van der Waals surface area (Å²) in [7, 11) is 0. The van der Waals surface area contributed by atoms with Crippen LogP contribution in [0.15, 0.2) is 42.6 Å². The Morgan fingerprint density at radius 2 is 2.00 bits per heavy atom. The van der Waals surface area contributed by atoms with Gasteiger partial charge in [0.05, 0.1) is 0 Å². The monoisotopic (exact) mass is 290 g/mol. The van der Waals surface area contributed by atoms with Crippen molar-refractivity contribution in [3.8, 4) is 0 Å². The van der Waals surface area contributed by atoms with Crippen molar-refractivity contribution >= 4 is 11.6 Å². The van der Waals surface area contributed by atoms with Crippen molar-refractivity contribution in [3.63, 3.8) is 0 Å². The molecular weight excluding hydrogens is 272 g/mol. The molecule has 0 aliphatic rings. The van der Waals surface area contributed by atoms with Crippen LogP contribution in [0.3, 0.4) is 0 Å². The van der Waals surface area contributed by atoms with E-state index >= 15 is 0 Å². The first-order valence-electron chi connectivity index (χ1n) is 6.59. The Balaban J connectivity index is 2.00. The SMILES string of the molecule is Cc1ncccc1CNC[C@@](C)(O)c1ccccc1Cl. The molecule has 106 valence electrons. The van der Waals surface area contributed by atoms with Crippen LogP contribution in [0.5, 0.6) is 0 Å². The summed E-state index contributed by atoms with van der Waals surface area (Å²) in [5, 5.41) is 14.4. The van der Waals surface area contributed by atoms with Gasteiger partial charge in [0, 0.05) is 35.6 Å². The quantitative estimate of drug-likeness (QED) is 0.890. The summed E-state index contributed by atoms with van der Waals surface area (Å²) in [6, 6.07) is 11.3. The molecule has 2 aromatic rings. The van der Waals surface area contributed by atoms with Crippen molar-refractivity contribution in [1.29, 1.82) is 0 Å². The fourth-order valence-corrected chi connectivity index (χ4v) is 2.48. The first-order chi connectivity index (χ1) is 9.50. The van der Waals surface area contributed by atoms with Gasteiger partial charge in [0.15, 0.2) is 0 Å². The second kappa shape index (κ2) is 6.35. The molecule has 0 radical (unpaired) electrons. The number of pyridine rings is 1. The molecule has 0 aliphatic heterocycles. The zero-order valence-electron chi connectivity index (χ0n) is 11.7. The van der Waals surface area contributed by atoms with Gasteiger partial charge < -0.3 is 10.4 Å². The van der Waals surface area contributed by atoms with Gasteiger partial charge in [-0.05, 0) is 31.5 Å². The molecule has 2 N–H and O–H groups in total. The van der Waals surface area contributed by atoms with Gasteiger partial charge in [-0.15, -0.1) is 0 Å². The average molecular weight is 291 g/mol. The van der Waals surface area contributed by atoms with Crippen LogP contribution in [0.2, 0.25) is 5.02 Å². The summed E-state index contributed by atoms with van der Waals surface area (Å²) in [5.74, 6) is 0. The second-order valence-corrected chi connectivity index (χ2v) is 5.51. The van der Waals surface area contributed by atoms with Gasteiger partial charge in [-0.3, -0.25) is 4.98 Å². The van der Waals surface area contributed by atoms with E-state index in [4.69, 9.17) is 11.6 Å². The third-order valence-corrected chi connectivity index (χ3v) is 3.68. The van der Waals surface area contributed by atoms with Crippen LogP contribution in [0.1, 0.15) is 23.7 Å². The highest BCUT2D eigenvalue weighted by Crippen LogP contribution is 2.27. The molecule has 1 heterocycles. The van der Waals surface area contributed by atoms with Crippen LogP contribution in [-0.4, -0.2) is 16.6 Å². The van der Waals surface area contributed by atoms with Gasteiger partial charge in [-0.1, -0.05) is 35.9 Å². The van der Waals surface area contributed by atoms with Gasteiger partial charge in [0.2, 0.25) is 0 Å². The van der Waals surface area contributed by atoms with E-state index in [1.165, 1.54) is 0 Å². The molecule has 0 saturated heterocycles. The zero-order chi connectivity index (χ0) is 14.6. The summed E-state index contributed by atoms with van der Waals surface area (Å²) < 4.78 is 0. The molecule has 1 atom stereocenters. The number of aryl methyl sites for hydroxylation is 1. The van der Waals surface area contributed by atoms with Crippen molar-refractivity contribution in [2.45, 2.75) is 26.0 Å². The number of benzene rings is 1. The first-order valence-corrected chi connectivity index (χ1v) is 6.97. The van der Waals surface area contributed by atoms with E-state index in [-0.39, 0.29) is 0 Å². The molecule has 20 heavy (non-hydrogen) atoms. The Morgan fingerprint density at radius 1 is 1.25 bits per heavy atom. The standard InChI is InChI=1S/C16H19ClN2O/c1-12-13(6-5-9-19-12)10-18-11-16(2,20)14-7-3-4-8-15(14)17/h3-9,18,20H,10-11H2,1-2H3/t16-/m1/s1. The van der Waals surface area contributed by atoms with E-state index in [1.807, 2.05) is 37.3 Å². The van der Waals surface area contributed by atoms with E-state index in [0.717, 1.165) is 16.8 Å². The molecule has 0 amide bonds. The van der Waals surface area contributed by atoms with E-state index in [1.54, 1.807) is 19.2 Å². The molecule has 1 aromatic heterocycles. The summed E-state index contributed by atoms with van der Waals surface area (Å²) in [6.07, 6.45) is 1.78. The van der Waals surface area contributed by atoms with Crippen molar-refractivity contribution in [2.24, 2.45) is 0 Å². The fraction of sp³-hybridized carbons (Fsp3) is 0.312. The topological polar surface area (TPSA) is 45.2 Å². The Labute approximate surface area is 124 Å². The number of halogens is 1. The highest BCUT2D eigenvalue weighted by molar-refractivity contribution is 6.31. The van der Waals surface area contributed by atoms with Crippen molar-refractivity contribution in [3.05, 3.63) is 64.4 Å². The number of nitrogens with one attached hydrogen (secondary N) is 1. The van der Waals surface area contributed by atoms with Crippen molar-refractivity contribution < 1.29 is 5.11 Å². The molecule has 0 unspecified atom stereocenters. The fourth-order valence-electron chi connectivity index (χ4n) is 2.14. The zero-order valence-corrected chi connectivity index (χ0v) is 12.5. The van der Waals surface area contributed by atoms with Crippen LogP contribution in [0.25, 0.3) is 0 Å². The van der Waals surface area contributed by atoms with Crippen molar-refractivity contribution in [1.82, 2.24) is 10.3 Å². The van der Waals surface area contributed by atoms with Gasteiger partial charge >= 0.3 is 0 Å². The number of rotatable bonds is 5. The van der Waals surface area contributed by atoms with Crippen LogP contribution >= 0.6 is 11.6 Å². The number of aliphatic hydroxyl groups is 1. The van der Waals surface area contributed by atoms with E-state index in [0.29, 0.717) is 18.1 Å². The molecule has 0 spiro atoms. The molecule has 1 aromatic carbocycles. The minimum atomic E-state index is -1.01. The number of aromatic nitrogens is 1. The highest BCUT2D eigenvalue weighted by Gasteiger charge is 2.24. The highest BCUT2D eigenvalue weighted by atomic mass is 35.5. The maximum Gasteiger partial charge on any atom is 0.101 e. The second-order valence-electron chi connectivity index (χ2n) is 5.11. The van der Waals surface area contributed by atoms with Crippen LogP contribution in [-0.2, 0) is 12.1 Å². The molecule has 3 nitrogen and oxygen atoms in total. The summed E-state index contributed by atoms with van der Waals surface area (Å²) in [5.41, 5.74) is 1.85. The first kappa shape index (κ1) is 15.0. The molecular formula is C16H19ClN2O. The largest absolute Gasteiger partial charge is 0.384 e. The molecule has 4 heteroatoms. The van der Waals surface area contributed by atoms with E-state index in [9.17, 15) is 5.11 Å². The van der Waals surface area contributed by atoms with E-state index < -0.39 is 5.60 Å². The number of hydrogen-bond donors (Lipinski definition) is 2. The van der Waals surface area contributed by atoms with Gasteiger partial charge in [-0.25, -0.2) is 0 Å². The van der Waals surface area contributed by atoms with Crippen molar-refractivity contribution in [2.75, 3.05) is 6.54 Å². The predicted octanol–water partition coefficient (Wildman–Crippen LogP) is 3.04.